The topological polar surface area (TPSA) is 58.2 Å². The molecule has 1 aromatic heterocycles. The van der Waals surface area contributed by atoms with E-state index in [2.05, 4.69) is 33.2 Å². The Morgan fingerprint density at radius 3 is 2.71 bits per heavy atom. The standard InChI is InChI=1S/C15H15IN2O2S/c1-9-4-3-5-12(10(9)2)18-14(19)7-17-15(20)11-6-13(16)21-8-11/h3-6,8H,7H2,1-2H3,(H,17,20)(H,18,19). The summed E-state index contributed by atoms with van der Waals surface area (Å²) in [6.07, 6.45) is 0. The van der Waals surface area contributed by atoms with Crippen LogP contribution in [0.1, 0.15) is 21.5 Å². The number of thiophene rings is 1. The largest absolute Gasteiger partial charge is 0.343 e. The van der Waals surface area contributed by atoms with Gasteiger partial charge in [-0.1, -0.05) is 12.1 Å². The smallest absolute Gasteiger partial charge is 0.252 e. The first kappa shape index (κ1) is 16.0. The van der Waals surface area contributed by atoms with Crippen molar-refractivity contribution in [3.05, 3.63) is 49.2 Å². The number of halogens is 1. The average Bonchev–Trinajstić information content (AvgIpc) is 2.88. The van der Waals surface area contributed by atoms with E-state index in [0.717, 1.165) is 19.7 Å². The van der Waals surface area contributed by atoms with Crippen LogP contribution in [0.4, 0.5) is 5.69 Å². The zero-order valence-electron chi connectivity index (χ0n) is 11.7. The number of rotatable bonds is 4. The quantitative estimate of drug-likeness (QED) is 0.755. The predicted octanol–water partition coefficient (Wildman–Crippen LogP) is 3.34. The number of carbonyl (C=O) groups is 2. The molecule has 0 saturated heterocycles. The lowest BCUT2D eigenvalue weighted by Crippen LogP contribution is -2.32. The maximum atomic E-state index is 11.9. The number of hydrogen-bond acceptors (Lipinski definition) is 3. The zero-order chi connectivity index (χ0) is 15.4. The minimum atomic E-state index is -0.234. The minimum Gasteiger partial charge on any atom is -0.343 e. The molecule has 110 valence electrons. The normalized spacial score (nSPS) is 10.2. The Balaban J connectivity index is 1.90. The Hall–Kier alpha value is -1.41. The van der Waals surface area contributed by atoms with Gasteiger partial charge in [-0.15, -0.1) is 11.3 Å². The Bertz CT molecular complexity index is 682. The fourth-order valence-corrected chi connectivity index (χ4v) is 3.10. The Morgan fingerprint density at radius 1 is 1.29 bits per heavy atom. The van der Waals surface area contributed by atoms with Crippen LogP contribution in [-0.2, 0) is 4.79 Å². The molecule has 0 atom stereocenters. The fourth-order valence-electron chi connectivity index (χ4n) is 1.77. The van der Waals surface area contributed by atoms with Crippen LogP contribution in [0, 0.1) is 16.7 Å². The third kappa shape index (κ3) is 4.28. The molecule has 2 N–H and O–H groups in total. The maximum absolute atomic E-state index is 11.9. The molecule has 0 spiro atoms. The van der Waals surface area contributed by atoms with Crippen LogP contribution in [0.25, 0.3) is 0 Å². The molecule has 0 unspecified atom stereocenters. The molecule has 21 heavy (non-hydrogen) atoms. The van der Waals surface area contributed by atoms with E-state index in [0.29, 0.717) is 5.56 Å². The van der Waals surface area contributed by atoms with Gasteiger partial charge in [0.2, 0.25) is 5.91 Å². The summed E-state index contributed by atoms with van der Waals surface area (Å²) >= 11 is 3.66. The zero-order valence-corrected chi connectivity index (χ0v) is 14.7. The summed E-state index contributed by atoms with van der Waals surface area (Å²) < 4.78 is 1.04. The Kier molecular flexibility index (Phi) is 5.35. The van der Waals surface area contributed by atoms with E-state index < -0.39 is 0 Å². The summed E-state index contributed by atoms with van der Waals surface area (Å²) in [5.74, 6) is -0.466. The molecule has 0 aliphatic heterocycles. The van der Waals surface area contributed by atoms with E-state index in [9.17, 15) is 9.59 Å². The number of anilines is 1. The summed E-state index contributed by atoms with van der Waals surface area (Å²) in [4.78, 5) is 23.7. The molecule has 0 fully saturated rings. The van der Waals surface area contributed by atoms with Gasteiger partial charge in [-0.05, 0) is 59.7 Å². The average molecular weight is 414 g/mol. The second-order valence-corrected chi connectivity index (χ2v) is 7.42. The number of benzene rings is 1. The minimum absolute atomic E-state index is 0.0430. The van der Waals surface area contributed by atoms with Crippen molar-refractivity contribution >= 4 is 51.4 Å². The molecule has 0 aliphatic carbocycles. The van der Waals surface area contributed by atoms with Crippen molar-refractivity contribution in [2.45, 2.75) is 13.8 Å². The number of amides is 2. The van der Waals surface area contributed by atoms with Gasteiger partial charge in [0.1, 0.15) is 0 Å². The third-order valence-electron chi connectivity index (χ3n) is 3.12. The first-order valence-electron chi connectivity index (χ1n) is 6.35. The van der Waals surface area contributed by atoms with Crippen LogP contribution in [0.5, 0.6) is 0 Å². The summed E-state index contributed by atoms with van der Waals surface area (Å²) in [6, 6.07) is 7.53. The van der Waals surface area contributed by atoms with Crippen LogP contribution >= 0.6 is 33.9 Å². The van der Waals surface area contributed by atoms with E-state index >= 15 is 0 Å². The third-order valence-corrected chi connectivity index (χ3v) is 4.91. The molecule has 1 aromatic carbocycles. The van der Waals surface area contributed by atoms with Gasteiger partial charge in [-0.25, -0.2) is 0 Å². The summed E-state index contributed by atoms with van der Waals surface area (Å²) in [5, 5.41) is 7.21. The van der Waals surface area contributed by atoms with E-state index in [4.69, 9.17) is 0 Å². The summed E-state index contributed by atoms with van der Waals surface area (Å²) in [7, 11) is 0. The van der Waals surface area contributed by atoms with Gasteiger partial charge in [-0.3, -0.25) is 9.59 Å². The Morgan fingerprint density at radius 2 is 2.05 bits per heavy atom. The van der Waals surface area contributed by atoms with E-state index in [1.807, 2.05) is 32.0 Å². The van der Waals surface area contributed by atoms with Gasteiger partial charge in [0.25, 0.3) is 5.91 Å². The fraction of sp³-hybridized carbons (Fsp3) is 0.200. The number of hydrogen-bond donors (Lipinski definition) is 2. The SMILES string of the molecule is Cc1cccc(NC(=O)CNC(=O)c2csc(I)c2)c1C. The highest BCUT2D eigenvalue weighted by molar-refractivity contribution is 14.1. The van der Waals surface area contributed by atoms with Gasteiger partial charge < -0.3 is 10.6 Å². The van der Waals surface area contributed by atoms with Crippen molar-refractivity contribution in [3.8, 4) is 0 Å². The van der Waals surface area contributed by atoms with Crippen molar-refractivity contribution in [1.29, 1.82) is 0 Å². The molecule has 4 nitrogen and oxygen atoms in total. The van der Waals surface area contributed by atoms with E-state index in [1.165, 1.54) is 11.3 Å². The van der Waals surface area contributed by atoms with E-state index in [1.54, 1.807) is 11.4 Å². The molecular weight excluding hydrogens is 399 g/mol. The van der Waals surface area contributed by atoms with Crippen molar-refractivity contribution < 1.29 is 9.59 Å². The van der Waals surface area contributed by atoms with Crippen LogP contribution in [0.2, 0.25) is 0 Å². The molecule has 0 bridgehead atoms. The van der Waals surface area contributed by atoms with Crippen molar-refractivity contribution in [2.75, 3.05) is 11.9 Å². The lowest BCUT2D eigenvalue weighted by Gasteiger charge is -2.10. The van der Waals surface area contributed by atoms with Gasteiger partial charge in [0.15, 0.2) is 0 Å². The highest BCUT2D eigenvalue weighted by atomic mass is 127. The lowest BCUT2D eigenvalue weighted by molar-refractivity contribution is -0.115. The maximum Gasteiger partial charge on any atom is 0.252 e. The molecular formula is C15H15IN2O2S. The second kappa shape index (κ2) is 7.04. The molecule has 6 heteroatoms. The monoisotopic (exact) mass is 414 g/mol. The van der Waals surface area contributed by atoms with Gasteiger partial charge in [-0.2, -0.15) is 0 Å². The van der Waals surface area contributed by atoms with Crippen molar-refractivity contribution in [3.63, 3.8) is 0 Å². The highest BCUT2D eigenvalue weighted by Gasteiger charge is 2.10. The van der Waals surface area contributed by atoms with Crippen molar-refractivity contribution in [1.82, 2.24) is 5.32 Å². The summed E-state index contributed by atoms with van der Waals surface area (Å²) in [5.41, 5.74) is 3.51. The lowest BCUT2D eigenvalue weighted by atomic mass is 10.1. The van der Waals surface area contributed by atoms with Crippen LogP contribution in [0.15, 0.2) is 29.6 Å². The number of aryl methyl sites for hydroxylation is 1. The second-order valence-electron chi connectivity index (χ2n) is 4.62. The molecule has 2 aromatic rings. The number of nitrogens with one attached hydrogen (secondary N) is 2. The van der Waals surface area contributed by atoms with Gasteiger partial charge in [0, 0.05) is 11.1 Å². The first-order chi connectivity index (χ1) is 9.97. The molecule has 0 aliphatic rings. The molecule has 0 saturated carbocycles. The van der Waals surface area contributed by atoms with Gasteiger partial charge >= 0.3 is 0 Å². The summed E-state index contributed by atoms with van der Waals surface area (Å²) in [6.45, 7) is 3.90. The molecule has 2 amide bonds. The van der Waals surface area contributed by atoms with Crippen molar-refractivity contribution in [2.24, 2.45) is 0 Å². The van der Waals surface area contributed by atoms with Crippen LogP contribution in [-0.4, -0.2) is 18.4 Å². The first-order valence-corrected chi connectivity index (χ1v) is 8.31. The Labute approximate surface area is 141 Å². The van der Waals surface area contributed by atoms with Crippen LogP contribution < -0.4 is 10.6 Å². The van der Waals surface area contributed by atoms with Crippen LogP contribution in [0.3, 0.4) is 0 Å². The molecule has 2 rings (SSSR count). The molecule has 0 radical (unpaired) electrons. The van der Waals surface area contributed by atoms with Gasteiger partial charge in [0.05, 0.1) is 15.0 Å². The highest BCUT2D eigenvalue weighted by Crippen LogP contribution is 2.18. The number of carbonyl (C=O) groups excluding carboxylic acids is 2. The molecule has 1 heterocycles. The van der Waals surface area contributed by atoms with E-state index in [-0.39, 0.29) is 18.4 Å². The predicted molar refractivity (Wildman–Crippen MR) is 93.9 cm³/mol.